The first kappa shape index (κ1) is 20.5. The molecule has 2 aromatic heterocycles. The molecule has 0 N–H and O–H groups in total. The van der Waals surface area contributed by atoms with Crippen molar-refractivity contribution in [1.82, 2.24) is 9.55 Å². The van der Waals surface area contributed by atoms with Crippen LogP contribution in [-0.4, -0.2) is 22.1 Å². The highest BCUT2D eigenvalue weighted by Crippen LogP contribution is 2.50. The average molecular weight is 440 g/mol. The average Bonchev–Trinajstić information content (AvgIpc) is 3.23. The summed E-state index contributed by atoms with van der Waals surface area (Å²) in [6, 6.07) is 10.0. The van der Waals surface area contributed by atoms with Crippen molar-refractivity contribution < 1.29 is 9.18 Å². The highest BCUT2D eigenvalue weighted by molar-refractivity contribution is 6.31. The van der Waals surface area contributed by atoms with E-state index in [9.17, 15) is 9.18 Å². The van der Waals surface area contributed by atoms with Gasteiger partial charge in [0.05, 0.1) is 30.5 Å². The summed E-state index contributed by atoms with van der Waals surface area (Å²) in [6.07, 6.45) is 10.1. The van der Waals surface area contributed by atoms with Gasteiger partial charge in [0.25, 0.3) is 0 Å². The number of carbonyl (C=O) groups is 1. The van der Waals surface area contributed by atoms with Gasteiger partial charge in [0.1, 0.15) is 0 Å². The van der Waals surface area contributed by atoms with E-state index in [1.54, 1.807) is 0 Å². The lowest BCUT2D eigenvalue weighted by Gasteiger charge is -2.32. The monoisotopic (exact) mass is 439 g/mol. The molecule has 1 amide bonds. The summed E-state index contributed by atoms with van der Waals surface area (Å²) in [4.78, 5) is 20.1. The standard InChI is InChI=1S/C25H27ClFN3O/c26-19-6-7-22-18(14-19)15-20(29(22)13-5-4-11-27)17-30-23-16-28-12-8-21(23)25(24(30)31)9-2-1-3-10-25/h6-8,12,14-16H,1-5,9-11,13,17H2. The van der Waals surface area contributed by atoms with Crippen LogP contribution in [0.15, 0.2) is 42.7 Å². The number of hydrogen-bond acceptors (Lipinski definition) is 2. The summed E-state index contributed by atoms with van der Waals surface area (Å²) in [7, 11) is 0. The lowest BCUT2D eigenvalue weighted by Crippen LogP contribution is -2.41. The molecule has 1 saturated carbocycles. The minimum atomic E-state index is -0.398. The maximum Gasteiger partial charge on any atom is 0.238 e. The molecule has 31 heavy (non-hydrogen) atoms. The molecule has 0 saturated heterocycles. The second kappa shape index (κ2) is 8.27. The number of fused-ring (bicyclic) bond motifs is 3. The molecule has 1 aliphatic heterocycles. The maximum absolute atomic E-state index is 13.8. The van der Waals surface area contributed by atoms with Gasteiger partial charge in [-0.2, -0.15) is 0 Å². The Kier molecular flexibility index (Phi) is 5.47. The first-order valence-corrected chi connectivity index (χ1v) is 11.6. The largest absolute Gasteiger partial charge is 0.343 e. The van der Waals surface area contributed by atoms with Crippen LogP contribution in [0.3, 0.4) is 0 Å². The molecule has 3 aromatic rings. The number of benzene rings is 1. The van der Waals surface area contributed by atoms with E-state index < -0.39 is 5.41 Å². The molecular weight excluding hydrogens is 413 g/mol. The fourth-order valence-electron chi connectivity index (χ4n) is 5.50. The number of alkyl halides is 1. The van der Waals surface area contributed by atoms with Crippen LogP contribution < -0.4 is 4.90 Å². The van der Waals surface area contributed by atoms with Crippen LogP contribution in [0.2, 0.25) is 5.02 Å². The molecule has 0 unspecified atom stereocenters. The van der Waals surface area contributed by atoms with E-state index in [-0.39, 0.29) is 12.6 Å². The third-order valence-electron chi connectivity index (χ3n) is 7.00. The van der Waals surface area contributed by atoms with Gasteiger partial charge in [-0.3, -0.25) is 14.2 Å². The molecule has 1 spiro atoms. The molecule has 2 aliphatic rings. The Balaban J connectivity index is 1.55. The van der Waals surface area contributed by atoms with Gasteiger partial charge >= 0.3 is 0 Å². The molecule has 6 heteroatoms. The zero-order chi connectivity index (χ0) is 21.4. The third kappa shape index (κ3) is 3.43. The molecule has 0 atom stereocenters. The van der Waals surface area contributed by atoms with Crippen LogP contribution in [0.1, 0.15) is 56.2 Å². The first-order chi connectivity index (χ1) is 15.1. The van der Waals surface area contributed by atoms with Crippen molar-refractivity contribution in [3.05, 3.63) is 59.0 Å². The number of carbonyl (C=O) groups excluding carboxylic acids is 1. The van der Waals surface area contributed by atoms with Gasteiger partial charge in [0.15, 0.2) is 0 Å². The highest BCUT2D eigenvalue weighted by atomic mass is 35.5. The van der Waals surface area contributed by atoms with Crippen molar-refractivity contribution in [2.45, 2.75) is 63.5 Å². The maximum atomic E-state index is 13.8. The van der Waals surface area contributed by atoms with E-state index in [1.807, 2.05) is 41.6 Å². The van der Waals surface area contributed by atoms with E-state index in [0.717, 1.165) is 66.5 Å². The number of hydrogen-bond donors (Lipinski definition) is 0. The zero-order valence-electron chi connectivity index (χ0n) is 17.6. The Morgan fingerprint density at radius 1 is 1.10 bits per heavy atom. The molecular formula is C25H27ClFN3O. The number of halogens is 2. The van der Waals surface area contributed by atoms with Gasteiger partial charge in [-0.1, -0.05) is 30.9 Å². The number of pyridine rings is 1. The Morgan fingerprint density at radius 2 is 1.94 bits per heavy atom. The number of unbranched alkanes of at least 4 members (excludes halogenated alkanes) is 1. The normalized spacial score (nSPS) is 17.6. The molecule has 1 aromatic carbocycles. The number of aromatic nitrogens is 2. The van der Waals surface area contributed by atoms with Crippen LogP contribution in [0, 0.1) is 0 Å². The summed E-state index contributed by atoms with van der Waals surface area (Å²) in [5.74, 6) is 0.203. The molecule has 1 aliphatic carbocycles. The summed E-state index contributed by atoms with van der Waals surface area (Å²) in [5.41, 5.74) is 3.80. The molecule has 162 valence electrons. The molecule has 5 rings (SSSR count). The fraction of sp³-hybridized carbons (Fsp3) is 0.440. The summed E-state index contributed by atoms with van der Waals surface area (Å²) >= 11 is 6.23. The molecule has 3 heterocycles. The Labute approximate surface area is 187 Å². The third-order valence-corrected chi connectivity index (χ3v) is 7.24. The lowest BCUT2D eigenvalue weighted by molar-refractivity contribution is -0.124. The molecule has 4 nitrogen and oxygen atoms in total. The summed E-state index contributed by atoms with van der Waals surface area (Å²) < 4.78 is 15.0. The fourth-order valence-corrected chi connectivity index (χ4v) is 5.69. The van der Waals surface area contributed by atoms with Crippen molar-refractivity contribution in [2.24, 2.45) is 0 Å². The summed E-state index contributed by atoms with van der Waals surface area (Å²) in [5, 5.41) is 1.74. The van der Waals surface area contributed by atoms with Crippen molar-refractivity contribution in [2.75, 3.05) is 11.6 Å². The van der Waals surface area contributed by atoms with E-state index in [1.165, 1.54) is 6.42 Å². The smallest absolute Gasteiger partial charge is 0.238 e. The topological polar surface area (TPSA) is 38.1 Å². The lowest BCUT2D eigenvalue weighted by atomic mass is 9.70. The second-order valence-electron chi connectivity index (χ2n) is 8.81. The number of nitrogens with zero attached hydrogens (tertiary/aromatic N) is 3. The predicted octanol–water partition coefficient (Wildman–Crippen LogP) is 6.19. The van der Waals surface area contributed by atoms with Gasteiger partial charge in [0, 0.05) is 34.4 Å². The van der Waals surface area contributed by atoms with Crippen LogP contribution in [0.5, 0.6) is 0 Å². The van der Waals surface area contributed by atoms with Gasteiger partial charge in [0.2, 0.25) is 5.91 Å². The highest BCUT2D eigenvalue weighted by Gasteiger charge is 2.51. The minimum absolute atomic E-state index is 0.203. The van der Waals surface area contributed by atoms with Gasteiger partial charge in [-0.15, -0.1) is 0 Å². The molecule has 0 radical (unpaired) electrons. The first-order valence-electron chi connectivity index (χ1n) is 11.2. The number of rotatable bonds is 6. The van der Waals surface area contributed by atoms with Crippen LogP contribution in [0.25, 0.3) is 10.9 Å². The second-order valence-corrected chi connectivity index (χ2v) is 9.25. The number of anilines is 1. The van der Waals surface area contributed by atoms with Gasteiger partial charge < -0.3 is 9.47 Å². The Hall–Kier alpha value is -2.40. The Morgan fingerprint density at radius 3 is 2.74 bits per heavy atom. The van der Waals surface area contributed by atoms with Crippen molar-refractivity contribution in [1.29, 1.82) is 0 Å². The van der Waals surface area contributed by atoms with Gasteiger partial charge in [-0.25, -0.2) is 0 Å². The van der Waals surface area contributed by atoms with E-state index in [4.69, 9.17) is 11.6 Å². The molecule has 1 fully saturated rings. The zero-order valence-corrected chi connectivity index (χ0v) is 18.4. The molecule has 0 bridgehead atoms. The van der Waals surface area contributed by atoms with E-state index in [0.29, 0.717) is 18.0 Å². The van der Waals surface area contributed by atoms with Crippen LogP contribution >= 0.6 is 11.6 Å². The summed E-state index contributed by atoms with van der Waals surface area (Å²) in [6.45, 7) is 0.894. The van der Waals surface area contributed by atoms with Crippen molar-refractivity contribution in [3.8, 4) is 0 Å². The SMILES string of the molecule is O=C1N(Cc2cc3cc(Cl)ccc3n2CCCCF)c2cnccc2C12CCCCC2. The van der Waals surface area contributed by atoms with Crippen molar-refractivity contribution >= 4 is 34.1 Å². The predicted molar refractivity (Wildman–Crippen MR) is 122 cm³/mol. The number of aryl methyl sites for hydroxylation is 1. The van der Waals surface area contributed by atoms with Crippen LogP contribution in [0.4, 0.5) is 10.1 Å². The van der Waals surface area contributed by atoms with Crippen molar-refractivity contribution in [3.63, 3.8) is 0 Å². The van der Waals surface area contributed by atoms with E-state index >= 15 is 0 Å². The quantitative estimate of drug-likeness (QED) is 0.429. The minimum Gasteiger partial charge on any atom is -0.343 e. The van der Waals surface area contributed by atoms with E-state index in [2.05, 4.69) is 15.6 Å². The Bertz CT molecular complexity index is 1120. The number of amides is 1. The van der Waals surface area contributed by atoms with Gasteiger partial charge in [-0.05, 0) is 61.6 Å². The van der Waals surface area contributed by atoms with Crippen LogP contribution in [-0.2, 0) is 23.3 Å².